The van der Waals surface area contributed by atoms with Crippen LogP contribution in [0.25, 0.3) is 0 Å². The predicted molar refractivity (Wildman–Crippen MR) is 104 cm³/mol. The van der Waals surface area contributed by atoms with Crippen LogP contribution >= 0.6 is 0 Å². The maximum atomic E-state index is 12.6. The molecule has 0 radical (unpaired) electrons. The smallest absolute Gasteiger partial charge is 0.338 e. The summed E-state index contributed by atoms with van der Waals surface area (Å²) in [5, 5.41) is 2.91. The highest BCUT2D eigenvalue weighted by Gasteiger charge is 2.47. The summed E-state index contributed by atoms with van der Waals surface area (Å²) >= 11 is 0. The number of fused-ring (bicyclic) bond motifs is 1. The number of imide groups is 2. The number of hydrogen-bond acceptors (Lipinski definition) is 6. The summed E-state index contributed by atoms with van der Waals surface area (Å²) < 4.78 is 10.6. The van der Waals surface area contributed by atoms with Crippen LogP contribution in [0.2, 0.25) is 0 Å². The van der Waals surface area contributed by atoms with Gasteiger partial charge in [0.1, 0.15) is 0 Å². The maximum Gasteiger partial charge on any atom is 0.338 e. The van der Waals surface area contributed by atoms with Crippen molar-refractivity contribution < 1.29 is 33.6 Å². The van der Waals surface area contributed by atoms with Crippen molar-refractivity contribution in [3.63, 3.8) is 0 Å². The average molecular weight is 417 g/mol. The SMILES string of the molecule is CC(C)N1C(=O)C(=O)N(C[NH+]2CCC(C(=O)Nc3ccc4c(c3)OCO4)CC2)C1=O. The molecular weight excluding hydrogens is 392 g/mol. The number of nitrogens with zero attached hydrogens (tertiary/aromatic N) is 2. The molecule has 0 aromatic heterocycles. The Balaban J connectivity index is 1.30. The van der Waals surface area contributed by atoms with Crippen molar-refractivity contribution in [1.29, 1.82) is 0 Å². The highest BCUT2D eigenvalue weighted by atomic mass is 16.7. The number of urea groups is 1. The molecule has 0 aliphatic carbocycles. The molecule has 160 valence electrons. The first kappa shape index (κ1) is 20.1. The molecule has 0 unspecified atom stereocenters. The minimum absolute atomic E-state index is 0.0672. The number of quaternary nitrogens is 1. The van der Waals surface area contributed by atoms with Crippen LogP contribution in [0.4, 0.5) is 10.5 Å². The second kappa shape index (κ2) is 7.94. The van der Waals surface area contributed by atoms with Crippen LogP contribution in [0.15, 0.2) is 18.2 Å². The van der Waals surface area contributed by atoms with E-state index < -0.39 is 17.8 Å². The number of nitrogens with one attached hydrogen (secondary N) is 2. The van der Waals surface area contributed by atoms with Crippen LogP contribution in [0.5, 0.6) is 11.5 Å². The molecule has 1 aromatic carbocycles. The van der Waals surface area contributed by atoms with E-state index in [4.69, 9.17) is 9.47 Å². The standard InChI is InChI=1S/C20H24N4O6/c1-12(2)24-19(27)18(26)23(20(24)28)10-22-7-5-13(6-8-22)17(25)21-14-3-4-15-16(9-14)30-11-29-15/h3-4,9,12-13H,5-8,10-11H2,1-2H3,(H,21,25)/p+1. The molecule has 0 saturated carbocycles. The highest BCUT2D eigenvalue weighted by Crippen LogP contribution is 2.34. The van der Waals surface area contributed by atoms with Crippen LogP contribution < -0.4 is 19.7 Å². The van der Waals surface area contributed by atoms with Crippen LogP contribution in [-0.2, 0) is 14.4 Å². The van der Waals surface area contributed by atoms with E-state index in [1.165, 1.54) is 0 Å². The molecule has 0 spiro atoms. The second-order valence-corrected chi connectivity index (χ2v) is 8.02. The first-order valence-electron chi connectivity index (χ1n) is 10.1. The van der Waals surface area contributed by atoms with Crippen molar-refractivity contribution in [3.05, 3.63) is 18.2 Å². The fraction of sp³-hybridized carbons (Fsp3) is 0.500. The molecular formula is C20H25N4O6+. The Kier molecular flexibility index (Phi) is 5.33. The number of carbonyl (C=O) groups excluding carboxylic acids is 4. The summed E-state index contributed by atoms with van der Waals surface area (Å²) in [6, 6.07) is 4.35. The van der Waals surface area contributed by atoms with E-state index in [0.29, 0.717) is 43.1 Å². The normalized spacial score (nSPS) is 23.5. The number of piperidine rings is 1. The van der Waals surface area contributed by atoms with Gasteiger partial charge in [-0.3, -0.25) is 19.3 Å². The van der Waals surface area contributed by atoms with Gasteiger partial charge in [-0.05, 0) is 26.0 Å². The fourth-order valence-corrected chi connectivity index (χ4v) is 4.01. The van der Waals surface area contributed by atoms with Gasteiger partial charge in [0, 0.05) is 36.6 Å². The van der Waals surface area contributed by atoms with Crippen molar-refractivity contribution in [2.24, 2.45) is 5.92 Å². The molecule has 4 rings (SSSR count). The van der Waals surface area contributed by atoms with Gasteiger partial charge in [0.25, 0.3) is 0 Å². The number of likely N-dealkylation sites (tertiary alicyclic amines) is 1. The van der Waals surface area contributed by atoms with Gasteiger partial charge in [-0.1, -0.05) is 0 Å². The summed E-state index contributed by atoms with van der Waals surface area (Å²) in [5.74, 6) is -0.501. The fourth-order valence-electron chi connectivity index (χ4n) is 4.01. The number of ether oxygens (including phenoxy) is 2. The molecule has 2 fully saturated rings. The Hall–Kier alpha value is -3.14. The number of carbonyl (C=O) groups is 4. The second-order valence-electron chi connectivity index (χ2n) is 8.02. The molecule has 30 heavy (non-hydrogen) atoms. The Labute approximate surface area is 173 Å². The molecule has 1 aromatic rings. The molecule has 0 atom stereocenters. The van der Waals surface area contributed by atoms with Gasteiger partial charge < -0.3 is 19.7 Å². The van der Waals surface area contributed by atoms with E-state index in [1.54, 1.807) is 32.0 Å². The number of amides is 5. The summed E-state index contributed by atoms with van der Waals surface area (Å²) in [7, 11) is 0. The minimum Gasteiger partial charge on any atom is -0.454 e. The maximum absolute atomic E-state index is 12.6. The van der Waals surface area contributed by atoms with Gasteiger partial charge in [0.15, 0.2) is 18.2 Å². The van der Waals surface area contributed by atoms with Gasteiger partial charge >= 0.3 is 17.8 Å². The van der Waals surface area contributed by atoms with Gasteiger partial charge in [-0.15, -0.1) is 0 Å². The Bertz CT molecular complexity index is 893. The first-order chi connectivity index (χ1) is 14.3. The molecule has 2 saturated heterocycles. The van der Waals surface area contributed by atoms with E-state index in [1.807, 2.05) is 0 Å². The molecule has 3 aliphatic rings. The third-order valence-corrected chi connectivity index (χ3v) is 5.69. The van der Waals surface area contributed by atoms with Crippen molar-refractivity contribution >= 4 is 29.4 Å². The lowest BCUT2D eigenvalue weighted by Crippen LogP contribution is -3.14. The van der Waals surface area contributed by atoms with E-state index >= 15 is 0 Å². The molecule has 3 heterocycles. The predicted octanol–water partition coefficient (Wildman–Crippen LogP) is -0.195. The highest BCUT2D eigenvalue weighted by molar-refractivity contribution is 6.44. The molecule has 2 N–H and O–H groups in total. The molecule has 10 heteroatoms. The van der Waals surface area contributed by atoms with Crippen molar-refractivity contribution in [1.82, 2.24) is 9.80 Å². The average Bonchev–Trinajstić information content (AvgIpc) is 3.26. The van der Waals surface area contributed by atoms with E-state index in [0.717, 1.165) is 14.7 Å². The quantitative estimate of drug-likeness (QED) is 0.508. The summed E-state index contributed by atoms with van der Waals surface area (Å²) in [6.45, 7) is 4.98. The Morgan fingerprint density at radius 1 is 1.13 bits per heavy atom. The van der Waals surface area contributed by atoms with Crippen LogP contribution in [-0.4, -0.2) is 66.1 Å². The van der Waals surface area contributed by atoms with Gasteiger partial charge in [0.05, 0.1) is 13.1 Å². The largest absolute Gasteiger partial charge is 0.454 e. The lowest BCUT2D eigenvalue weighted by Gasteiger charge is -2.30. The van der Waals surface area contributed by atoms with E-state index in [9.17, 15) is 19.2 Å². The monoisotopic (exact) mass is 417 g/mol. The summed E-state index contributed by atoms with van der Waals surface area (Å²) in [6.07, 6.45) is 1.26. The van der Waals surface area contributed by atoms with Crippen molar-refractivity contribution in [2.45, 2.75) is 32.7 Å². The molecule has 5 amide bonds. The Morgan fingerprint density at radius 3 is 2.50 bits per heavy atom. The zero-order valence-electron chi connectivity index (χ0n) is 17.0. The number of rotatable bonds is 5. The first-order valence-corrected chi connectivity index (χ1v) is 10.1. The van der Waals surface area contributed by atoms with Crippen LogP contribution in [0, 0.1) is 5.92 Å². The van der Waals surface area contributed by atoms with Gasteiger partial charge in [0.2, 0.25) is 12.7 Å². The molecule has 0 bridgehead atoms. The topological polar surface area (TPSA) is 110 Å². The number of benzene rings is 1. The van der Waals surface area contributed by atoms with Gasteiger partial charge in [-0.25, -0.2) is 9.69 Å². The molecule has 10 nitrogen and oxygen atoms in total. The molecule has 3 aliphatic heterocycles. The lowest BCUT2D eigenvalue weighted by atomic mass is 9.96. The third kappa shape index (κ3) is 3.70. The zero-order chi connectivity index (χ0) is 21.4. The van der Waals surface area contributed by atoms with Crippen LogP contribution in [0.3, 0.4) is 0 Å². The summed E-state index contributed by atoms with van der Waals surface area (Å²) in [4.78, 5) is 52.3. The zero-order valence-corrected chi connectivity index (χ0v) is 17.0. The van der Waals surface area contributed by atoms with Crippen molar-refractivity contribution in [2.75, 3.05) is 31.9 Å². The lowest BCUT2D eigenvalue weighted by molar-refractivity contribution is -0.912. The Morgan fingerprint density at radius 2 is 1.83 bits per heavy atom. The van der Waals surface area contributed by atoms with Crippen molar-refractivity contribution in [3.8, 4) is 11.5 Å². The third-order valence-electron chi connectivity index (χ3n) is 5.69. The number of hydrogen-bond donors (Lipinski definition) is 2. The number of anilines is 1. The summed E-state index contributed by atoms with van der Waals surface area (Å²) in [5.41, 5.74) is 0.652. The minimum atomic E-state index is -0.774. The van der Waals surface area contributed by atoms with Gasteiger partial charge in [-0.2, -0.15) is 0 Å². The van der Waals surface area contributed by atoms with E-state index in [-0.39, 0.29) is 31.3 Å². The van der Waals surface area contributed by atoms with E-state index in [2.05, 4.69) is 5.32 Å². The van der Waals surface area contributed by atoms with Crippen LogP contribution in [0.1, 0.15) is 26.7 Å².